The Morgan fingerprint density at radius 2 is 1.86 bits per heavy atom. The van der Waals surface area contributed by atoms with Gasteiger partial charge >= 0.3 is 0 Å². The number of nitrogens with zero attached hydrogens (tertiary/aromatic N) is 1. The molecule has 0 atom stereocenters. The average molecular weight is 406 g/mol. The lowest BCUT2D eigenvalue weighted by Gasteiger charge is -2.15. The van der Waals surface area contributed by atoms with Gasteiger partial charge in [0.05, 0.1) is 5.69 Å². The molecule has 0 fully saturated rings. The standard InChI is InChI=1S/C25H31N3S/c1-6-18(7-2)20(14-16(4)26)25-27-17(5)24(28-25)21-15-23(29-22(21)8-3)19-12-10-9-11-13-19/h9-15,18,26H,6-8H2,1-5H3,(H,27,28)/b20-14-,26-16?. The second-order valence-electron chi connectivity index (χ2n) is 7.52. The number of aromatic amines is 1. The molecule has 152 valence electrons. The third-order valence-electron chi connectivity index (χ3n) is 5.40. The number of imidazole rings is 1. The summed E-state index contributed by atoms with van der Waals surface area (Å²) in [5, 5.41) is 7.99. The highest BCUT2D eigenvalue weighted by molar-refractivity contribution is 7.16. The summed E-state index contributed by atoms with van der Waals surface area (Å²) in [5.74, 6) is 1.31. The molecule has 0 saturated carbocycles. The Hall–Kier alpha value is -2.46. The summed E-state index contributed by atoms with van der Waals surface area (Å²) in [6, 6.07) is 12.8. The summed E-state index contributed by atoms with van der Waals surface area (Å²) >= 11 is 1.86. The van der Waals surface area contributed by atoms with Gasteiger partial charge in [-0.3, -0.25) is 0 Å². The number of aryl methyl sites for hydroxylation is 2. The number of hydrogen-bond donors (Lipinski definition) is 2. The van der Waals surface area contributed by atoms with Gasteiger partial charge in [0.15, 0.2) is 0 Å². The van der Waals surface area contributed by atoms with Crippen molar-refractivity contribution in [3.63, 3.8) is 0 Å². The highest BCUT2D eigenvalue weighted by atomic mass is 32.1. The second-order valence-corrected chi connectivity index (χ2v) is 8.66. The molecule has 1 aromatic carbocycles. The van der Waals surface area contributed by atoms with Gasteiger partial charge in [-0.2, -0.15) is 0 Å². The molecule has 4 heteroatoms. The van der Waals surface area contributed by atoms with Crippen molar-refractivity contribution in [2.24, 2.45) is 5.92 Å². The van der Waals surface area contributed by atoms with E-state index in [-0.39, 0.29) is 0 Å². The van der Waals surface area contributed by atoms with E-state index in [1.807, 2.05) is 24.3 Å². The van der Waals surface area contributed by atoms with Crippen LogP contribution < -0.4 is 0 Å². The molecule has 3 rings (SSSR count). The number of H-pyrrole nitrogens is 1. The van der Waals surface area contributed by atoms with E-state index < -0.39 is 0 Å². The molecule has 0 saturated heterocycles. The van der Waals surface area contributed by atoms with Crippen molar-refractivity contribution >= 4 is 22.6 Å². The van der Waals surface area contributed by atoms with Crippen molar-refractivity contribution in [3.8, 4) is 21.7 Å². The van der Waals surface area contributed by atoms with E-state index in [1.54, 1.807) is 0 Å². The molecule has 0 unspecified atom stereocenters. The van der Waals surface area contributed by atoms with Gasteiger partial charge in [0.2, 0.25) is 0 Å². The maximum atomic E-state index is 7.99. The monoisotopic (exact) mass is 405 g/mol. The summed E-state index contributed by atoms with van der Waals surface area (Å²) in [4.78, 5) is 11.2. The summed E-state index contributed by atoms with van der Waals surface area (Å²) in [5.41, 5.74) is 6.32. The number of benzene rings is 1. The van der Waals surface area contributed by atoms with Crippen LogP contribution in [-0.4, -0.2) is 15.7 Å². The van der Waals surface area contributed by atoms with Crippen LogP contribution in [0.25, 0.3) is 27.3 Å². The number of aromatic nitrogens is 2. The summed E-state index contributed by atoms with van der Waals surface area (Å²) in [7, 11) is 0. The van der Waals surface area contributed by atoms with Crippen molar-refractivity contribution in [3.05, 3.63) is 58.9 Å². The molecule has 0 amide bonds. The Balaban J connectivity index is 2.09. The van der Waals surface area contributed by atoms with Crippen molar-refractivity contribution in [2.45, 2.75) is 53.9 Å². The van der Waals surface area contributed by atoms with Gasteiger partial charge in [0, 0.05) is 26.7 Å². The van der Waals surface area contributed by atoms with Crippen LogP contribution >= 0.6 is 11.3 Å². The van der Waals surface area contributed by atoms with Crippen LogP contribution in [0, 0.1) is 18.3 Å². The lowest BCUT2D eigenvalue weighted by molar-refractivity contribution is 0.620. The molecule has 2 N–H and O–H groups in total. The van der Waals surface area contributed by atoms with E-state index >= 15 is 0 Å². The van der Waals surface area contributed by atoms with Crippen molar-refractivity contribution in [1.82, 2.24) is 9.97 Å². The topological polar surface area (TPSA) is 52.5 Å². The first kappa shape index (κ1) is 21.3. The zero-order valence-corrected chi connectivity index (χ0v) is 18.9. The minimum atomic E-state index is 0.404. The molecule has 29 heavy (non-hydrogen) atoms. The molecular formula is C25H31N3S. The lowest BCUT2D eigenvalue weighted by Crippen LogP contribution is -2.04. The van der Waals surface area contributed by atoms with Gasteiger partial charge in [0.1, 0.15) is 5.82 Å². The van der Waals surface area contributed by atoms with Gasteiger partial charge in [-0.25, -0.2) is 4.98 Å². The number of allylic oxidation sites excluding steroid dienone is 2. The Labute approximate surface area is 178 Å². The van der Waals surface area contributed by atoms with Crippen LogP contribution in [0.3, 0.4) is 0 Å². The highest BCUT2D eigenvalue weighted by Crippen LogP contribution is 2.39. The molecule has 0 bridgehead atoms. The predicted octanol–water partition coefficient (Wildman–Crippen LogP) is 7.54. The number of rotatable bonds is 8. The molecule has 2 heterocycles. The number of hydrogen-bond acceptors (Lipinski definition) is 3. The third-order valence-corrected chi connectivity index (χ3v) is 6.73. The van der Waals surface area contributed by atoms with Gasteiger partial charge < -0.3 is 10.4 Å². The minimum absolute atomic E-state index is 0.404. The van der Waals surface area contributed by atoms with E-state index in [2.05, 4.69) is 69.1 Å². The molecular weight excluding hydrogens is 374 g/mol. The Kier molecular flexibility index (Phi) is 6.86. The Morgan fingerprint density at radius 3 is 2.45 bits per heavy atom. The zero-order chi connectivity index (χ0) is 21.0. The van der Waals surface area contributed by atoms with E-state index in [9.17, 15) is 0 Å². The largest absolute Gasteiger partial charge is 0.342 e. The van der Waals surface area contributed by atoms with Gasteiger partial charge in [-0.1, -0.05) is 51.1 Å². The average Bonchev–Trinajstić information content (AvgIpc) is 3.31. The fraction of sp³-hybridized carbons (Fsp3) is 0.360. The maximum Gasteiger partial charge on any atom is 0.134 e. The van der Waals surface area contributed by atoms with Gasteiger partial charge in [-0.05, 0) is 62.3 Å². The quantitative estimate of drug-likeness (QED) is 0.374. The molecule has 2 aromatic heterocycles. The smallest absolute Gasteiger partial charge is 0.134 e. The normalized spacial score (nSPS) is 12.0. The second kappa shape index (κ2) is 9.36. The number of thiophene rings is 1. The molecule has 3 nitrogen and oxygen atoms in total. The van der Waals surface area contributed by atoms with Crippen molar-refractivity contribution < 1.29 is 0 Å². The summed E-state index contributed by atoms with van der Waals surface area (Å²) in [6.07, 6.45) is 5.05. The van der Waals surface area contributed by atoms with Crippen LogP contribution in [0.4, 0.5) is 0 Å². The van der Waals surface area contributed by atoms with Crippen LogP contribution in [0.1, 0.15) is 56.9 Å². The van der Waals surface area contributed by atoms with Crippen molar-refractivity contribution in [2.75, 3.05) is 0 Å². The Morgan fingerprint density at radius 1 is 1.17 bits per heavy atom. The van der Waals surface area contributed by atoms with E-state index in [0.29, 0.717) is 11.6 Å². The van der Waals surface area contributed by atoms with Gasteiger partial charge in [0.25, 0.3) is 0 Å². The molecule has 0 spiro atoms. The maximum absolute atomic E-state index is 7.99. The zero-order valence-electron chi connectivity index (χ0n) is 18.1. The fourth-order valence-electron chi connectivity index (χ4n) is 3.84. The van der Waals surface area contributed by atoms with Crippen LogP contribution in [0.2, 0.25) is 0 Å². The SMILES string of the molecule is CCc1sc(-c2ccccc2)cc1-c1nc(/C(=C\C(C)=N)C(CC)CC)[nH]c1C. The van der Waals surface area contributed by atoms with Crippen molar-refractivity contribution in [1.29, 1.82) is 5.41 Å². The molecule has 3 aromatic rings. The predicted molar refractivity (Wildman–Crippen MR) is 127 cm³/mol. The molecule has 0 aliphatic carbocycles. The number of nitrogens with one attached hydrogen (secondary N) is 2. The van der Waals surface area contributed by atoms with E-state index in [0.717, 1.165) is 42.0 Å². The van der Waals surface area contributed by atoms with Crippen LogP contribution in [0.5, 0.6) is 0 Å². The fourth-order valence-corrected chi connectivity index (χ4v) is 4.94. The van der Waals surface area contributed by atoms with Gasteiger partial charge in [-0.15, -0.1) is 11.3 Å². The van der Waals surface area contributed by atoms with E-state index in [4.69, 9.17) is 10.4 Å². The van der Waals surface area contributed by atoms with E-state index in [1.165, 1.54) is 20.9 Å². The third kappa shape index (κ3) is 4.59. The molecule has 0 radical (unpaired) electrons. The molecule has 0 aliphatic rings. The summed E-state index contributed by atoms with van der Waals surface area (Å²) < 4.78 is 0. The highest BCUT2D eigenvalue weighted by Gasteiger charge is 2.21. The first-order valence-corrected chi connectivity index (χ1v) is 11.3. The van der Waals surface area contributed by atoms with Crippen LogP contribution in [0.15, 0.2) is 42.5 Å². The first-order valence-electron chi connectivity index (χ1n) is 10.5. The molecule has 0 aliphatic heterocycles. The first-order chi connectivity index (χ1) is 14.0. The lowest BCUT2D eigenvalue weighted by atomic mass is 9.92. The minimum Gasteiger partial charge on any atom is -0.342 e. The summed E-state index contributed by atoms with van der Waals surface area (Å²) in [6.45, 7) is 10.6. The Bertz CT molecular complexity index is 1000. The van der Waals surface area contributed by atoms with Crippen LogP contribution in [-0.2, 0) is 6.42 Å².